The summed E-state index contributed by atoms with van der Waals surface area (Å²) in [6, 6.07) is 5.66. The highest BCUT2D eigenvalue weighted by Crippen LogP contribution is 2.37. The molecule has 0 aromatic heterocycles. The zero-order valence-electron chi connectivity index (χ0n) is 17.1. The summed E-state index contributed by atoms with van der Waals surface area (Å²) in [6.07, 6.45) is 7.99. The van der Waals surface area contributed by atoms with E-state index in [1.54, 1.807) is 0 Å². The third-order valence-electron chi connectivity index (χ3n) is 6.20. The highest BCUT2D eigenvalue weighted by Gasteiger charge is 2.39. The number of nitrogens with zero attached hydrogens (tertiary/aromatic N) is 1. The highest BCUT2D eigenvalue weighted by molar-refractivity contribution is 5.99. The van der Waals surface area contributed by atoms with E-state index in [0.29, 0.717) is 24.6 Å². The summed E-state index contributed by atoms with van der Waals surface area (Å²) in [5.41, 5.74) is 2.41. The molecule has 1 aromatic rings. The Morgan fingerprint density at radius 3 is 2.64 bits per heavy atom. The van der Waals surface area contributed by atoms with Gasteiger partial charge in [-0.3, -0.25) is 9.59 Å². The predicted octanol–water partition coefficient (Wildman–Crippen LogP) is 4.15. The zero-order valence-corrected chi connectivity index (χ0v) is 17.1. The fourth-order valence-corrected chi connectivity index (χ4v) is 4.01. The van der Waals surface area contributed by atoms with Gasteiger partial charge in [0.1, 0.15) is 0 Å². The number of carbonyl (C=O) groups excluding carboxylic acids is 2. The van der Waals surface area contributed by atoms with Gasteiger partial charge in [0.25, 0.3) is 5.91 Å². The number of hydrogen-bond donors (Lipinski definition) is 1. The van der Waals surface area contributed by atoms with Crippen LogP contribution in [0.5, 0.6) is 0 Å². The first-order valence-corrected chi connectivity index (χ1v) is 10.9. The number of anilines is 1. The molecule has 1 aromatic carbocycles. The van der Waals surface area contributed by atoms with Gasteiger partial charge in [-0.15, -0.1) is 0 Å². The van der Waals surface area contributed by atoms with Gasteiger partial charge in [0, 0.05) is 30.3 Å². The summed E-state index contributed by atoms with van der Waals surface area (Å²) in [5, 5.41) is 3.01. The molecular formula is C23H32N2O3. The predicted molar refractivity (Wildman–Crippen MR) is 109 cm³/mol. The highest BCUT2D eigenvalue weighted by atomic mass is 16.5. The third-order valence-corrected chi connectivity index (χ3v) is 6.20. The van der Waals surface area contributed by atoms with Crippen molar-refractivity contribution in [1.82, 2.24) is 4.90 Å². The van der Waals surface area contributed by atoms with Crippen LogP contribution in [0, 0.1) is 18.8 Å². The topological polar surface area (TPSA) is 58.6 Å². The molecule has 2 atom stereocenters. The van der Waals surface area contributed by atoms with Crippen molar-refractivity contribution in [1.29, 1.82) is 0 Å². The standard InChI is InChI=1S/C23H32N2O3/c1-3-4-5-19-13-25(14-21(28-19)16-8-9-16)23(27)18-7-6-15(2)20(12-18)24-22(26)17-10-11-17/h6-7,12,16-17,19,21H,3-5,8-11,13-14H2,1-2H3,(H,24,26)/t19-,21-/m1/s1. The van der Waals surface area contributed by atoms with E-state index >= 15 is 0 Å². The number of aryl methyl sites for hydroxylation is 1. The van der Waals surface area contributed by atoms with Crippen LogP contribution >= 0.6 is 0 Å². The summed E-state index contributed by atoms with van der Waals surface area (Å²) < 4.78 is 6.31. The van der Waals surface area contributed by atoms with Crippen molar-refractivity contribution in [3.63, 3.8) is 0 Å². The fourth-order valence-electron chi connectivity index (χ4n) is 4.01. The lowest BCUT2D eigenvalue weighted by Crippen LogP contribution is -2.50. The summed E-state index contributed by atoms with van der Waals surface area (Å²) >= 11 is 0. The van der Waals surface area contributed by atoms with Gasteiger partial charge in [-0.25, -0.2) is 0 Å². The van der Waals surface area contributed by atoms with Crippen molar-refractivity contribution < 1.29 is 14.3 Å². The van der Waals surface area contributed by atoms with Crippen molar-refractivity contribution >= 4 is 17.5 Å². The lowest BCUT2D eigenvalue weighted by Gasteiger charge is -2.38. The van der Waals surface area contributed by atoms with Crippen LogP contribution < -0.4 is 5.32 Å². The Labute approximate surface area is 167 Å². The number of morpholine rings is 1. The van der Waals surface area contributed by atoms with Gasteiger partial charge in [0.05, 0.1) is 12.2 Å². The maximum Gasteiger partial charge on any atom is 0.254 e. The van der Waals surface area contributed by atoms with Gasteiger partial charge in [-0.05, 0) is 62.6 Å². The maximum absolute atomic E-state index is 13.3. The summed E-state index contributed by atoms with van der Waals surface area (Å²) in [7, 11) is 0. The van der Waals surface area contributed by atoms with Crippen LogP contribution in [0.1, 0.15) is 67.8 Å². The Morgan fingerprint density at radius 1 is 1.18 bits per heavy atom. The minimum atomic E-state index is 0.0531. The number of nitrogens with one attached hydrogen (secondary N) is 1. The van der Waals surface area contributed by atoms with Gasteiger partial charge < -0.3 is 15.0 Å². The molecule has 1 saturated heterocycles. The smallest absolute Gasteiger partial charge is 0.254 e. The fraction of sp³-hybridized carbons (Fsp3) is 0.652. The Morgan fingerprint density at radius 2 is 1.96 bits per heavy atom. The first kappa shape index (κ1) is 19.4. The number of ether oxygens (including phenoxy) is 1. The minimum Gasteiger partial charge on any atom is -0.371 e. The summed E-state index contributed by atoms with van der Waals surface area (Å²) in [6.45, 7) is 5.51. The second-order valence-corrected chi connectivity index (χ2v) is 8.78. The average Bonchev–Trinajstić information content (AvgIpc) is 3.58. The van der Waals surface area contributed by atoms with E-state index in [4.69, 9.17) is 4.74 Å². The first-order chi connectivity index (χ1) is 13.5. The molecule has 1 N–H and O–H groups in total. The largest absolute Gasteiger partial charge is 0.371 e. The average molecular weight is 385 g/mol. The van der Waals surface area contributed by atoms with E-state index in [1.807, 2.05) is 30.0 Å². The van der Waals surface area contributed by atoms with Crippen molar-refractivity contribution in [3.05, 3.63) is 29.3 Å². The molecule has 1 aliphatic heterocycles. The zero-order chi connectivity index (χ0) is 19.7. The van der Waals surface area contributed by atoms with Crippen LogP contribution in [0.2, 0.25) is 0 Å². The quantitative estimate of drug-likeness (QED) is 0.768. The number of rotatable bonds is 7. The van der Waals surface area contributed by atoms with Crippen LogP contribution in [0.4, 0.5) is 5.69 Å². The van der Waals surface area contributed by atoms with Crippen molar-refractivity contribution in [2.45, 2.75) is 71.0 Å². The molecule has 0 bridgehead atoms. The molecular weight excluding hydrogens is 352 g/mol. The second-order valence-electron chi connectivity index (χ2n) is 8.78. The lowest BCUT2D eigenvalue weighted by molar-refractivity contribution is -0.117. The Bertz CT molecular complexity index is 739. The number of benzene rings is 1. The van der Waals surface area contributed by atoms with Crippen molar-refractivity contribution in [2.75, 3.05) is 18.4 Å². The Balaban J connectivity index is 1.47. The molecule has 5 nitrogen and oxygen atoms in total. The third kappa shape index (κ3) is 4.57. The van der Waals surface area contributed by atoms with E-state index < -0.39 is 0 Å². The molecule has 0 radical (unpaired) electrons. The van der Waals surface area contributed by atoms with Crippen molar-refractivity contribution in [2.24, 2.45) is 11.8 Å². The monoisotopic (exact) mass is 384 g/mol. The van der Waals surface area contributed by atoms with Crippen LogP contribution in [0.25, 0.3) is 0 Å². The Kier molecular flexibility index (Phi) is 5.72. The van der Waals surface area contributed by atoms with Gasteiger partial charge in [-0.1, -0.05) is 25.8 Å². The summed E-state index contributed by atoms with van der Waals surface area (Å²) in [5.74, 6) is 0.896. The molecule has 3 fully saturated rings. The van der Waals surface area contributed by atoms with Crippen LogP contribution in [-0.4, -0.2) is 42.0 Å². The summed E-state index contributed by atoms with van der Waals surface area (Å²) in [4.78, 5) is 27.4. The molecule has 2 saturated carbocycles. The van der Waals surface area contributed by atoms with Crippen molar-refractivity contribution in [3.8, 4) is 0 Å². The number of unbranched alkanes of at least 4 members (excludes halogenated alkanes) is 1. The number of amides is 2. The van der Waals surface area contributed by atoms with Gasteiger partial charge in [0.2, 0.25) is 5.91 Å². The van der Waals surface area contributed by atoms with E-state index in [0.717, 1.165) is 43.4 Å². The lowest BCUT2D eigenvalue weighted by atomic mass is 10.0. The maximum atomic E-state index is 13.3. The SMILES string of the molecule is CCCC[C@@H]1CN(C(=O)c2ccc(C)c(NC(=O)C3CC3)c2)C[C@H](C2CC2)O1. The molecule has 2 amide bonds. The molecule has 28 heavy (non-hydrogen) atoms. The Hall–Kier alpha value is -1.88. The second kappa shape index (κ2) is 8.24. The molecule has 5 heteroatoms. The molecule has 2 aliphatic carbocycles. The van der Waals surface area contributed by atoms with E-state index in [1.165, 1.54) is 12.8 Å². The molecule has 0 spiro atoms. The van der Waals surface area contributed by atoms with E-state index in [9.17, 15) is 9.59 Å². The van der Waals surface area contributed by atoms with Gasteiger partial charge >= 0.3 is 0 Å². The van der Waals surface area contributed by atoms with Gasteiger partial charge in [0.15, 0.2) is 0 Å². The molecule has 3 aliphatic rings. The van der Waals surface area contributed by atoms with Crippen LogP contribution in [0.15, 0.2) is 18.2 Å². The van der Waals surface area contributed by atoms with E-state index in [-0.39, 0.29) is 29.9 Å². The number of hydrogen-bond acceptors (Lipinski definition) is 3. The number of carbonyl (C=O) groups is 2. The van der Waals surface area contributed by atoms with Crippen LogP contribution in [0.3, 0.4) is 0 Å². The van der Waals surface area contributed by atoms with Crippen LogP contribution in [-0.2, 0) is 9.53 Å². The van der Waals surface area contributed by atoms with E-state index in [2.05, 4.69) is 12.2 Å². The minimum absolute atomic E-state index is 0.0531. The first-order valence-electron chi connectivity index (χ1n) is 10.9. The molecule has 152 valence electrons. The van der Waals surface area contributed by atoms with Gasteiger partial charge in [-0.2, -0.15) is 0 Å². The molecule has 0 unspecified atom stereocenters. The molecule has 4 rings (SSSR count). The molecule has 1 heterocycles. The normalized spacial score (nSPS) is 24.9.